The van der Waals surface area contributed by atoms with E-state index in [1.807, 2.05) is 19.1 Å². The summed E-state index contributed by atoms with van der Waals surface area (Å²) in [6.45, 7) is 10.5. The Balaban J connectivity index is 2.35. The van der Waals surface area contributed by atoms with Crippen LogP contribution in [0.4, 0.5) is 0 Å². The molecule has 16 heavy (non-hydrogen) atoms. The predicted octanol–water partition coefficient (Wildman–Crippen LogP) is 3.14. The van der Waals surface area contributed by atoms with Crippen molar-refractivity contribution in [2.75, 3.05) is 13.2 Å². The van der Waals surface area contributed by atoms with Gasteiger partial charge in [0.05, 0.1) is 6.61 Å². The van der Waals surface area contributed by atoms with Gasteiger partial charge in [-0.05, 0) is 44.5 Å². The molecule has 88 valence electrons. The summed E-state index contributed by atoms with van der Waals surface area (Å²) in [4.78, 5) is 0. The second-order valence-electron chi connectivity index (χ2n) is 3.96. The van der Waals surface area contributed by atoms with Crippen molar-refractivity contribution >= 4 is 0 Å². The van der Waals surface area contributed by atoms with Gasteiger partial charge in [-0.1, -0.05) is 17.7 Å². The molecule has 0 radical (unpaired) electrons. The van der Waals surface area contributed by atoms with E-state index in [0.717, 1.165) is 25.3 Å². The number of hydrogen-bond acceptors (Lipinski definition) is 2. The van der Waals surface area contributed by atoms with Gasteiger partial charge in [-0.2, -0.15) is 0 Å². The SMILES string of the molecule is C=C(C)CCNCc1cccc(OCC)c1. The molecule has 0 spiro atoms. The monoisotopic (exact) mass is 219 g/mol. The first-order valence-electron chi connectivity index (χ1n) is 5.79. The highest BCUT2D eigenvalue weighted by molar-refractivity contribution is 5.28. The molecule has 0 heterocycles. The maximum absolute atomic E-state index is 5.45. The Labute approximate surface area is 98.3 Å². The summed E-state index contributed by atoms with van der Waals surface area (Å²) < 4.78 is 5.45. The van der Waals surface area contributed by atoms with Crippen LogP contribution in [0.1, 0.15) is 25.8 Å². The van der Waals surface area contributed by atoms with Crippen LogP contribution in [-0.2, 0) is 6.54 Å². The summed E-state index contributed by atoms with van der Waals surface area (Å²) in [5, 5.41) is 3.39. The van der Waals surface area contributed by atoms with E-state index in [4.69, 9.17) is 4.74 Å². The third-order valence-corrected chi connectivity index (χ3v) is 2.27. The topological polar surface area (TPSA) is 21.3 Å². The lowest BCUT2D eigenvalue weighted by molar-refractivity contribution is 0.340. The number of benzene rings is 1. The van der Waals surface area contributed by atoms with Gasteiger partial charge in [-0.25, -0.2) is 0 Å². The standard InChI is InChI=1S/C14H21NO/c1-4-16-14-7-5-6-13(10-14)11-15-9-8-12(2)3/h5-7,10,15H,2,4,8-9,11H2,1,3H3. The molecule has 0 aliphatic rings. The Bertz CT molecular complexity index is 333. The molecule has 1 rings (SSSR count). The van der Waals surface area contributed by atoms with Crippen molar-refractivity contribution in [1.82, 2.24) is 5.32 Å². The zero-order valence-corrected chi connectivity index (χ0v) is 10.3. The van der Waals surface area contributed by atoms with Crippen molar-refractivity contribution in [3.8, 4) is 5.75 Å². The fourth-order valence-corrected chi connectivity index (χ4v) is 1.45. The molecule has 0 fully saturated rings. The summed E-state index contributed by atoms with van der Waals surface area (Å²) in [6.07, 6.45) is 1.03. The molecule has 0 aliphatic heterocycles. The van der Waals surface area contributed by atoms with Crippen molar-refractivity contribution in [2.45, 2.75) is 26.8 Å². The molecule has 2 heteroatoms. The second kappa shape index (κ2) is 7.07. The van der Waals surface area contributed by atoms with Crippen molar-refractivity contribution in [3.63, 3.8) is 0 Å². The van der Waals surface area contributed by atoms with Gasteiger partial charge < -0.3 is 10.1 Å². The van der Waals surface area contributed by atoms with Crippen LogP contribution in [0.25, 0.3) is 0 Å². The summed E-state index contributed by atoms with van der Waals surface area (Å²) in [7, 11) is 0. The largest absolute Gasteiger partial charge is 0.494 e. The normalized spacial score (nSPS) is 10.1. The van der Waals surface area contributed by atoms with Crippen LogP contribution in [0.5, 0.6) is 5.75 Å². The third-order valence-electron chi connectivity index (χ3n) is 2.27. The number of nitrogens with one attached hydrogen (secondary N) is 1. The van der Waals surface area contributed by atoms with E-state index in [-0.39, 0.29) is 0 Å². The van der Waals surface area contributed by atoms with Crippen molar-refractivity contribution in [2.24, 2.45) is 0 Å². The number of hydrogen-bond donors (Lipinski definition) is 1. The zero-order valence-electron chi connectivity index (χ0n) is 10.3. The lowest BCUT2D eigenvalue weighted by Gasteiger charge is -2.07. The maximum Gasteiger partial charge on any atom is 0.119 e. The van der Waals surface area contributed by atoms with E-state index >= 15 is 0 Å². The minimum Gasteiger partial charge on any atom is -0.494 e. The lowest BCUT2D eigenvalue weighted by Crippen LogP contribution is -2.14. The first kappa shape index (κ1) is 12.8. The van der Waals surface area contributed by atoms with Crippen molar-refractivity contribution in [1.29, 1.82) is 0 Å². The van der Waals surface area contributed by atoms with Gasteiger partial charge in [0.25, 0.3) is 0 Å². The van der Waals surface area contributed by atoms with E-state index in [1.54, 1.807) is 0 Å². The smallest absolute Gasteiger partial charge is 0.119 e. The van der Waals surface area contributed by atoms with Crippen molar-refractivity contribution < 1.29 is 4.74 Å². The van der Waals surface area contributed by atoms with E-state index in [2.05, 4.69) is 31.0 Å². The minimum atomic E-state index is 0.715. The van der Waals surface area contributed by atoms with Gasteiger partial charge in [0, 0.05) is 6.54 Å². The average molecular weight is 219 g/mol. The molecule has 0 amide bonds. The van der Waals surface area contributed by atoms with Crippen LogP contribution in [-0.4, -0.2) is 13.2 Å². The van der Waals surface area contributed by atoms with E-state index in [9.17, 15) is 0 Å². The first-order valence-corrected chi connectivity index (χ1v) is 5.79. The van der Waals surface area contributed by atoms with Crippen LogP contribution in [0.3, 0.4) is 0 Å². The Hall–Kier alpha value is -1.28. The molecule has 0 bridgehead atoms. The molecule has 0 unspecified atom stereocenters. The molecule has 0 saturated carbocycles. The average Bonchev–Trinajstić information content (AvgIpc) is 2.25. The number of ether oxygens (including phenoxy) is 1. The highest BCUT2D eigenvalue weighted by atomic mass is 16.5. The highest BCUT2D eigenvalue weighted by Crippen LogP contribution is 2.12. The van der Waals surface area contributed by atoms with Crippen LogP contribution < -0.4 is 10.1 Å². The Kier molecular flexibility index (Phi) is 5.65. The zero-order chi connectivity index (χ0) is 11.8. The summed E-state index contributed by atoms with van der Waals surface area (Å²) in [5.41, 5.74) is 2.48. The van der Waals surface area contributed by atoms with Gasteiger partial charge in [-0.3, -0.25) is 0 Å². The summed E-state index contributed by atoms with van der Waals surface area (Å²) in [6, 6.07) is 8.20. The summed E-state index contributed by atoms with van der Waals surface area (Å²) >= 11 is 0. The molecular formula is C14H21NO. The van der Waals surface area contributed by atoms with E-state index < -0.39 is 0 Å². The van der Waals surface area contributed by atoms with Crippen LogP contribution >= 0.6 is 0 Å². The minimum absolute atomic E-state index is 0.715. The molecular weight excluding hydrogens is 198 g/mol. The first-order chi connectivity index (χ1) is 7.72. The maximum atomic E-state index is 5.45. The molecule has 0 atom stereocenters. The van der Waals surface area contributed by atoms with E-state index in [0.29, 0.717) is 6.61 Å². The van der Waals surface area contributed by atoms with Crippen molar-refractivity contribution in [3.05, 3.63) is 42.0 Å². The van der Waals surface area contributed by atoms with Crippen LogP contribution in [0.15, 0.2) is 36.4 Å². The van der Waals surface area contributed by atoms with Crippen LogP contribution in [0.2, 0.25) is 0 Å². The number of rotatable bonds is 7. The fraction of sp³-hybridized carbons (Fsp3) is 0.429. The lowest BCUT2D eigenvalue weighted by atomic mass is 10.2. The van der Waals surface area contributed by atoms with Gasteiger partial charge >= 0.3 is 0 Å². The third kappa shape index (κ3) is 4.99. The van der Waals surface area contributed by atoms with Gasteiger partial charge in [-0.15, -0.1) is 6.58 Å². The van der Waals surface area contributed by atoms with Gasteiger partial charge in [0.1, 0.15) is 5.75 Å². The predicted molar refractivity (Wildman–Crippen MR) is 68.7 cm³/mol. The molecule has 1 N–H and O–H groups in total. The molecule has 1 aromatic carbocycles. The highest BCUT2D eigenvalue weighted by Gasteiger charge is 1.96. The fourth-order valence-electron chi connectivity index (χ4n) is 1.45. The van der Waals surface area contributed by atoms with Gasteiger partial charge in [0.15, 0.2) is 0 Å². The Morgan fingerprint density at radius 3 is 2.94 bits per heavy atom. The quantitative estimate of drug-likeness (QED) is 0.562. The molecule has 0 aromatic heterocycles. The van der Waals surface area contributed by atoms with Crippen LogP contribution in [0, 0.1) is 0 Å². The molecule has 0 aliphatic carbocycles. The van der Waals surface area contributed by atoms with E-state index in [1.165, 1.54) is 11.1 Å². The molecule has 1 aromatic rings. The molecule has 2 nitrogen and oxygen atoms in total. The Morgan fingerprint density at radius 2 is 2.25 bits per heavy atom. The Morgan fingerprint density at radius 1 is 1.44 bits per heavy atom. The second-order valence-corrected chi connectivity index (χ2v) is 3.96. The molecule has 0 saturated heterocycles. The summed E-state index contributed by atoms with van der Waals surface area (Å²) in [5.74, 6) is 0.946. The van der Waals surface area contributed by atoms with Gasteiger partial charge in [0.2, 0.25) is 0 Å².